The number of nitrogens with zero attached hydrogens (tertiary/aromatic N) is 2. The smallest absolute Gasteiger partial charge is 0.0546 e. The van der Waals surface area contributed by atoms with E-state index in [1.165, 1.54) is 133 Å². The molecule has 0 N–H and O–H groups in total. The molecule has 4 aliphatic rings. The molecule has 2 aliphatic carbocycles. The van der Waals surface area contributed by atoms with E-state index in [0.29, 0.717) is 0 Å². The molecule has 0 bridgehead atoms. The summed E-state index contributed by atoms with van der Waals surface area (Å²) in [5.74, 6) is 0. The van der Waals surface area contributed by atoms with Gasteiger partial charge in [0.05, 0.1) is 34.1 Å². The molecule has 2 aliphatic heterocycles. The molecule has 2 nitrogen and oxygen atoms in total. The first-order valence-corrected chi connectivity index (χ1v) is 24.5. The van der Waals surface area contributed by atoms with Crippen molar-refractivity contribution in [2.45, 2.75) is 77.0 Å². The topological polar surface area (TPSA) is 6.48 Å². The Balaban J connectivity index is 1.04. The van der Waals surface area contributed by atoms with Crippen molar-refractivity contribution < 1.29 is 0 Å². The maximum atomic E-state index is 2.60. The van der Waals surface area contributed by atoms with Crippen LogP contribution in [-0.2, 0) is 21.7 Å². The molecule has 0 saturated heterocycles. The highest BCUT2D eigenvalue weighted by Crippen LogP contribution is 2.61. The largest absolute Gasteiger partial charge is 0.309 e. The quantitative estimate of drug-likeness (QED) is 0.160. The van der Waals surface area contributed by atoms with Crippen molar-refractivity contribution in [2.75, 3.05) is 9.80 Å². The van der Waals surface area contributed by atoms with Gasteiger partial charge in [-0.15, -0.1) is 0 Å². The normalized spacial score (nSPS) is 16.9. The molecule has 0 radical (unpaired) electrons. The van der Waals surface area contributed by atoms with Gasteiger partial charge in [0.25, 0.3) is 0 Å². The van der Waals surface area contributed by atoms with Gasteiger partial charge in [0.2, 0.25) is 0 Å². The maximum Gasteiger partial charge on any atom is 0.0546 e. The maximum absolute atomic E-state index is 2.60. The van der Waals surface area contributed by atoms with Crippen LogP contribution in [0.15, 0.2) is 182 Å². The lowest BCUT2D eigenvalue weighted by Crippen LogP contribution is -2.31. The van der Waals surface area contributed by atoms with Crippen LogP contribution in [0, 0.1) is 0 Å². The van der Waals surface area contributed by atoms with Crippen molar-refractivity contribution in [1.82, 2.24) is 0 Å². The lowest BCUT2D eigenvalue weighted by atomic mass is 9.71. The SMILES string of the molecule is CC1(C)c2ccccc2-c2cc3c(cc21)C(C)(C)c1ccccc1N3c1cc2c3cccc(N4c5ccccc5C(C)(C)c5cc6c(cc54)-c4ccccc4C6(C)C)c3ccc2c2ccccc12. The Morgan fingerprint density at radius 2 is 0.588 bits per heavy atom. The van der Waals surface area contributed by atoms with E-state index in [9.17, 15) is 0 Å². The Hall–Kier alpha value is -7.42. The number of benzene rings is 10. The van der Waals surface area contributed by atoms with E-state index in [4.69, 9.17) is 0 Å². The molecule has 68 heavy (non-hydrogen) atoms. The first-order chi connectivity index (χ1) is 32.8. The lowest BCUT2D eigenvalue weighted by Gasteiger charge is -2.43. The minimum atomic E-state index is -0.218. The Morgan fingerprint density at radius 1 is 0.221 bits per heavy atom. The summed E-state index contributed by atoms with van der Waals surface area (Å²) in [7, 11) is 0. The molecule has 10 aromatic carbocycles. The summed E-state index contributed by atoms with van der Waals surface area (Å²) in [6.07, 6.45) is 0. The van der Waals surface area contributed by atoms with E-state index in [1.807, 2.05) is 0 Å². The number of anilines is 6. The summed E-state index contributed by atoms with van der Waals surface area (Å²) in [6, 6.07) is 69.9. The third kappa shape index (κ3) is 4.93. The summed E-state index contributed by atoms with van der Waals surface area (Å²) in [5.41, 5.74) is 23.2. The van der Waals surface area contributed by atoms with Crippen LogP contribution in [0.5, 0.6) is 0 Å². The average molecular weight is 875 g/mol. The molecule has 0 atom stereocenters. The predicted octanol–water partition coefficient (Wildman–Crippen LogP) is 18.0. The molecule has 10 aromatic rings. The number of hydrogen-bond acceptors (Lipinski definition) is 2. The highest BCUT2D eigenvalue weighted by molar-refractivity contribution is 6.23. The average Bonchev–Trinajstić information content (AvgIpc) is 3.71. The van der Waals surface area contributed by atoms with Gasteiger partial charge in [-0.05, 0) is 125 Å². The fourth-order valence-electron chi connectivity index (χ4n) is 13.6. The van der Waals surface area contributed by atoms with E-state index in [-0.39, 0.29) is 21.7 Å². The zero-order valence-corrected chi connectivity index (χ0v) is 40.2. The Bertz CT molecular complexity index is 3880. The molecule has 2 heterocycles. The van der Waals surface area contributed by atoms with Crippen molar-refractivity contribution in [3.05, 3.63) is 226 Å². The third-order valence-electron chi connectivity index (χ3n) is 17.2. The Kier molecular flexibility index (Phi) is 7.69. The molecule has 0 unspecified atom stereocenters. The summed E-state index contributed by atoms with van der Waals surface area (Å²) < 4.78 is 0. The van der Waals surface area contributed by atoms with Gasteiger partial charge in [0.15, 0.2) is 0 Å². The van der Waals surface area contributed by atoms with Crippen LogP contribution < -0.4 is 9.80 Å². The molecule has 328 valence electrons. The van der Waals surface area contributed by atoms with Gasteiger partial charge in [-0.25, -0.2) is 0 Å². The van der Waals surface area contributed by atoms with Gasteiger partial charge in [-0.1, -0.05) is 201 Å². The van der Waals surface area contributed by atoms with Crippen LogP contribution >= 0.6 is 0 Å². The van der Waals surface area contributed by atoms with Crippen LogP contribution in [0.4, 0.5) is 34.1 Å². The summed E-state index contributed by atoms with van der Waals surface area (Å²) in [6.45, 7) is 19.3. The van der Waals surface area contributed by atoms with Crippen molar-refractivity contribution in [2.24, 2.45) is 0 Å². The summed E-state index contributed by atoms with van der Waals surface area (Å²) >= 11 is 0. The highest BCUT2D eigenvalue weighted by atomic mass is 15.2. The molecule has 0 fully saturated rings. The van der Waals surface area contributed by atoms with Crippen LogP contribution in [0.25, 0.3) is 54.6 Å². The summed E-state index contributed by atoms with van der Waals surface area (Å²) in [5, 5.41) is 7.51. The molecule has 0 spiro atoms. The fourth-order valence-corrected chi connectivity index (χ4v) is 13.6. The second kappa shape index (κ2) is 13.2. The number of rotatable bonds is 2. The number of fused-ring (bicyclic) bond motifs is 15. The van der Waals surface area contributed by atoms with Gasteiger partial charge in [-0.3, -0.25) is 0 Å². The first-order valence-electron chi connectivity index (χ1n) is 24.5. The van der Waals surface area contributed by atoms with Crippen molar-refractivity contribution in [3.8, 4) is 22.3 Å². The van der Waals surface area contributed by atoms with E-state index in [2.05, 4.69) is 247 Å². The van der Waals surface area contributed by atoms with E-state index < -0.39 is 0 Å². The standard InChI is InChI=1S/C66H54N2/c1-63(2)49-25-13-11-21-42(49)47-35-61-55(37-53(47)63)65(5,6)51-27-15-17-29-58(51)67(61)57-31-19-24-40-45(57)33-32-41-39-20-9-10-23-44(39)60(34-46(40)41)68-59-30-18-16-28-52(59)66(7,8)56-38-54-48(36-62(56)68)43-22-12-14-26-50(43)64(54,3)4/h9-38H,1-8H3. The monoisotopic (exact) mass is 874 g/mol. The van der Waals surface area contributed by atoms with Crippen LogP contribution in [0.1, 0.15) is 99.9 Å². The van der Waals surface area contributed by atoms with Crippen LogP contribution in [0.3, 0.4) is 0 Å². The summed E-state index contributed by atoms with van der Waals surface area (Å²) in [4.78, 5) is 5.19. The van der Waals surface area contributed by atoms with Gasteiger partial charge in [-0.2, -0.15) is 0 Å². The van der Waals surface area contributed by atoms with Crippen molar-refractivity contribution >= 4 is 66.4 Å². The molecule has 0 amide bonds. The molecule has 0 saturated carbocycles. The number of hydrogen-bond donors (Lipinski definition) is 0. The highest BCUT2D eigenvalue weighted by Gasteiger charge is 2.44. The third-order valence-corrected chi connectivity index (χ3v) is 17.2. The Labute approximate surface area is 400 Å². The minimum Gasteiger partial charge on any atom is -0.309 e. The molecular formula is C66H54N2. The van der Waals surface area contributed by atoms with Gasteiger partial charge >= 0.3 is 0 Å². The van der Waals surface area contributed by atoms with Crippen LogP contribution in [-0.4, -0.2) is 0 Å². The second-order valence-corrected chi connectivity index (χ2v) is 22.1. The molecule has 14 rings (SSSR count). The van der Waals surface area contributed by atoms with Crippen molar-refractivity contribution in [3.63, 3.8) is 0 Å². The first kappa shape index (κ1) is 39.7. The second-order valence-electron chi connectivity index (χ2n) is 22.1. The van der Waals surface area contributed by atoms with E-state index >= 15 is 0 Å². The lowest BCUT2D eigenvalue weighted by molar-refractivity contribution is 0.619. The van der Waals surface area contributed by atoms with Gasteiger partial charge in [0, 0.05) is 32.4 Å². The Morgan fingerprint density at radius 3 is 1.15 bits per heavy atom. The molecule has 0 aromatic heterocycles. The van der Waals surface area contributed by atoms with E-state index in [1.54, 1.807) is 0 Å². The zero-order chi connectivity index (χ0) is 46.2. The van der Waals surface area contributed by atoms with E-state index in [0.717, 1.165) is 0 Å². The molecular weight excluding hydrogens is 821 g/mol. The van der Waals surface area contributed by atoms with Crippen LogP contribution in [0.2, 0.25) is 0 Å². The zero-order valence-electron chi connectivity index (χ0n) is 40.2. The molecule has 2 heteroatoms. The van der Waals surface area contributed by atoms with Gasteiger partial charge in [0.1, 0.15) is 0 Å². The predicted molar refractivity (Wildman–Crippen MR) is 288 cm³/mol. The van der Waals surface area contributed by atoms with Crippen molar-refractivity contribution in [1.29, 1.82) is 0 Å². The minimum absolute atomic E-state index is 0.0933. The fraction of sp³-hybridized carbons (Fsp3) is 0.182. The van der Waals surface area contributed by atoms with Gasteiger partial charge < -0.3 is 9.80 Å². The number of para-hydroxylation sites is 2.